The minimum Gasteiger partial charge on any atom is -0.493 e. The topological polar surface area (TPSA) is 30.5 Å². The van der Waals surface area contributed by atoms with Gasteiger partial charge >= 0.3 is 0 Å². The molecule has 0 aliphatic heterocycles. The van der Waals surface area contributed by atoms with Gasteiger partial charge in [0, 0.05) is 17.8 Å². The van der Waals surface area contributed by atoms with Crippen LogP contribution < -0.4 is 14.8 Å². The van der Waals surface area contributed by atoms with Crippen LogP contribution in [0.15, 0.2) is 18.2 Å². The monoisotopic (exact) mass is 291 g/mol. The summed E-state index contributed by atoms with van der Waals surface area (Å²) in [5.74, 6) is 2.38. The molecule has 1 aromatic rings. The SMILES string of the molecule is CCOc1cc(NC2CC(C)CC(C)(C)C2)ccc1OC. The van der Waals surface area contributed by atoms with E-state index in [1.807, 2.05) is 13.0 Å². The minimum atomic E-state index is 0.421. The third-order valence-electron chi connectivity index (χ3n) is 4.22. The quantitative estimate of drug-likeness (QED) is 0.851. The first kappa shape index (κ1) is 16.0. The molecule has 1 aliphatic carbocycles. The van der Waals surface area contributed by atoms with E-state index >= 15 is 0 Å². The van der Waals surface area contributed by atoms with Crippen molar-refractivity contribution in [1.82, 2.24) is 0 Å². The van der Waals surface area contributed by atoms with E-state index < -0.39 is 0 Å². The Hall–Kier alpha value is -1.38. The minimum absolute atomic E-state index is 0.421. The Morgan fingerprint density at radius 2 is 2.00 bits per heavy atom. The summed E-state index contributed by atoms with van der Waals surface area (Å²) in [6, 6.07) is 6.64. The van der Waals surface area contributed by atoms with Crippen LogP contribution in [0.3, 0.4) is 0 Å². The van der Waals surface area contributed by atoms with Gasteiger partial charge in [-0.3, -0.25) is 0 Å². The van der Waals surface area contributed by atoms with Crippen molar-refractivity contribution in [2.75, 3.05) is 19.0 Å². The van der Waals surface area contributed by atoms with Gasteiger partial charge in [-0.1, -0.05) is 20.8 Å². The first-order valence-electron chi connectivity index (χ1n) is 8.01. The predicted octanol–water partition coefficient (Wildman–Crippen LogP) is 4.72. The number of nitrogens with one attached hydrogen (secondary N) is 1. The molecule has 1 fully saturated rings. The van der Waals surface area contributed by atoms with Gasteiger partial charge in [0.15, 0.2) is 11.5 Å². The van der Waals surface area contributed by atoms with Crippen molar-refractivity contribution in [3.05, 3.63) is 18.2 Å². The van der Waals surface area contributed by atoms with Gasteiger partial charge in [0.1, 0.15) is 0 Å². The van der Waals surface area contributed by atoms with Crippen LogP contribution in [0.4, 0.5) is 5.69 Å². The number of benzene rings is 1. The molecule has 118 valence electrons. The van der Waals surface area contributed by atoms with E-state index in [-0.39, 0.29) is 0 Å². The zero-order valence-electron chi connectivity index (χ0n) is 14.0. The molecule has 1 aliphatic rings. The van der Waals surface area contributed by atoms with Crippen LogP contribution >= 0.6 is 0 Å². The van der Waals surface area contributed by atoms with Gasteiger partial charge in [-0.25, -0.2) is 0 Å². The molecule has 1 aromatic carbocycles. The van der Waals surface area contributed by atoms with E-state index in [0.717, 1.165) is 23.1 Å². The fourth-order valence-electron chi connectivity index (χ4n) is 3.73. The summed E-state index contributed by atoms with van der Waals surface area (Å²) in [6.45, 7) is 9.74. The lowest BCUT2D eigenvalue weighted by molar-refractivity contribution is 0.178. The fourth-order valence-corrected chi connectivity index (χ4v) is 3.73. The molecular formula is C18H29NO2. The van der Waals surface area contributed by atoms with Crippen molar-refractivity contribution >= 4 is 5.69 Å². The van der Waals surface area contributed by atoms with E-state index in [2.05, 4.69) is 38.2 Å². The van der Waals surface area contributed by atoms with Crippen LogP contribution in [0.5, 0.6) is 11.5 Å². The summed E-state index contributed by atoms with van der Waals surface area (Å²) in [6.07, 6.45) is 3.77. The first-order chi connectivity index (χ1) is 9.93. The zero-order valence-corrected chi connectivity index (χ0v) is 14.0. The largest absolute Gasteiger partial charge is 0.493 e. The molecule has 2 rings (SSSR count). The highest BCUT2D eigenvalue weighted by atomic mass is 16.5. The van der Waals surface area contributed by atoms with Crippen LogP contribution in [0.1, 0.15) is 47.0 Å². The molecule has 0 amide bonds. The molecule has 0 aromatic heterocycles. The number of hydrogen-bond acceptors (Lipinski definition) is 3. The summed E-state index contributed by atoms with van der Waals surface area (Å²) in [7, 11) is 1.68. The Morgan fingerprint density at radius 1 is 1.24 bits per heavy atom. The van der Waals surface area contributed by atoms with Crippen LogP contribution in [-0.4, -0.2) is 19.8 Å². The molecule has 3 nitrogen and oxygen atoms in total. The maximum Gasteiger partial charge on any atom is 0.163 e. The number of methoxy groups -OCH3 is 1. The molecule has 0 radical (unpaired) electrons. The lowest BCUT2D eigenvalue weighted by Gasteiger charge is -2.39. The molecule has 1 N–H and O–H groups in total. The van der Waals surface area contributed by atoms with Gasteiger partial charge in [0.25, 0.3) is 0 Å². The zero-order chi connectivity index (χ0) is 15.5. The highest BCUT2D eigenvalue weighted by Gasteiger charge is 2.31. The third kappa shape index (κ3) is 4.29. The molecule has 1 saturated carbocycles. The molecular weight excluding hydrogens is 262 g/mol. The Labute approximate surface area is 129 Å². The van der Waals surface area contributed by atoms with E-state index in [4.69, 9.17) is 9.47 Å². The maximum absolute atomic E-state index is 5.65. The van der Waals surface area contributed by atoms with Gasteiger partial charge in [0.05, 0.1) is 13.7 Å². The van der Waals surface area contributed by atoms with Crippen molar-refractivity contribution in [2.24, 2.45) is 11.3 Å². The number of hydrogen-bond donors (Lipinski definition) is 1. The number of anilines is 1. The van der Waals surface area contributed by atoms with Gasteiger partial charge < -0.3 is 14.8 Å². The molecule has 21 heavy (non-hydrogen) atoms. The number of rotatable bonds is 5. The molecule has 0 bridgehead atoms. The van der Waals surface area contributed by atoms with Gasteiger partial charge in [0.2, 0.25) is 0 Å². The second kappa shape index (κ2) is 6.59. The summed E-state index contributed by atoms with van der Waals surface area (Å²) in [4.78, 5) is 0. The van der Waals surface area contributed by atoms with Crippen molar-refractivity contribution in [1.29, 1.82) is 0 Å². The van der Waals surface area contributed by atoms with Gasteiger partial charge in [-0.15, -0.1) is 0 Å². The Balaban J connectivity index is 2.10. The van der Waals surface area contributed by atoms with E-state index in [9.17, 15) is 0 Å². The van der Waals surface area contributed by atoms with Crippen molar-refractivity contribution in [2.45, 2.75) is 53.0 Å². The van der Waals surface area contributed by atoms with Crippen molar-refractivity contribution in [3.8, 4) is 11.5 Å². The smallest absolute Gasteiger partial charge is 0.163 e. The second-order valence-corrected chi connectivity index (χ2v) is 7.05. The van der Waals surface area contributed by atoms with Gasteiger partial charge in [-0.05, 0) is 49.7 Å². The molecule has 0 saturated heterocycles. The number of ether oxygens (including phenoxy) is 2. The Bertz CT molecular complexity index is 470. The van der Waals surface area contributed by atoms with Crippen LogP contribution in [0.25, 0.3) is 0 Å². The molecule has 0 heterocycles. The average molecular weight is 291 g/mol. The summed E-state index contributed by atoms with van der Waals surface area (Å²) >= 11 is 0. The van der Waals surface area contributed by atoms with E-state index in [1.54, 1.807) is 7.11 Å². The normalized spacial score (nSPS) is 24.4. The molecule has 2 unspecified atom stereocenters. The van der Waals surface area contributed by atoms with E-state index in [1.165, 1.54) is 19.3 Å². The summed E-state index contributed by atoms with van der Waals surface area (Å²) in [5, 5.41) is 3.68. The molecule has 0 spiro atoms. The summed E-state index contributed by atoms with van der Waals surface area (Å²) < 4.78 is 11.0. The van der Waals surface area contributed by atoms with Crippen LogP contribution in [0, 0.1) is 11.3 Å². The first-order valence-corrected chi connectivity index (χ1v) is 8.01. The predicted molar refractivity (Wildman–Crippen MR) is 88.4 cm³/mol. The molecule has 2 atom stereocenters. The van der Waals surface area contributed by atoms with Crippen molar-refractivity contribution in [3.63, 3.8) is 0 Å². The Morgan fingerprint density at radius 3 is 2.62 bits per heavy atom. The third-order valence-corrected chi connectivity index (χ3v) is 4.22. The van der Waals surface area contributed by atoms with E-state index in [0.29, 0.717) is 18.1 Å². The highest BCUT2D eigenvalue weighted by Crippen LogP contribution is 2.40. The summed E-state index contributed by atoms with van der Waals surface area (Å²) in [5.41, 5.74) is 1.54. The Kier molecular flexibility index (Phi) is 5.02. The van der Waals surface area contributed by atoms with Gasteiger partial charge in [-0.2, -0.15) is 0 Å². The second-order valence-electron chi connectivity index (χ2n) is 7.05. The average Bonchev–Trinajstić information content (AvgIpc) is 2.37. The van der Waals surface area contributed by atoms with Crippen LogP contribution in [-0.2, 0) is 0 Å². The fraction of sp³-hybridized carbons (Fsp3) is 0.667. The lowest BCUT2D eigenvalue weighted by Crippen LogP contribution is -2.35. The van der Waals surface area contributed by atoms with Crippen molar-refractivity contribution < 1.29 is 9.47 Å². The maximum atomic E-state index is 5.65. The highest BCUT2D eigenvalue weighted by molar-refractivity contribution is 5.55. The van der Waals surface area contributed by atoms with Crippen LogP contribution in [0.2, 0.25) is 0 Å². The standard InChI is InChI=1S/C18H29NO2/c1-6-21-17-10-14(7-8-16(17)20-5)19-15-9-13(2)11-18(3,4)12-15/h7-8,10,13,15,19H,6,9,11-12H2,1-5H3. The molecule has 3 heteroatoms. The lowest BCUT2D eigenvalue weighted by atomic mass is 9.70.